The van der Waals surface area contributed by atoms with Crippen LogP contribution in [-0.4, -0.2) is 37.4 Å². The fraction of sp³-hybridized carbons (Fsp3) is 0.533. The maximum atomic E-state index is 13.6. The van der Waals surface area contributed by atoms with Crippen LogP contribution in [0, 0.1) is 11.7 Å². The Morgan fingerprint density at radius 1 is 1.53 bits per heavy atom. The quantitative estimate of drug-likeness (QED) is 0.784. The Kier molecular flexibility index (Phi) is 4.53. The van der Waals surface area contributed by atoms with E-state index in [1.54, 1.807) is 6.07 Å². The number of carbonyl (C=O) groups excluding carboxylic acids is 1. The van der Waals surface area contributed by atoms with Crippen LogP contribution in [0.15, 0.2) is 18.2 Å². The number of hydrogen-bond acceptors (Lipinski definition) is 3. The lowest BCUT2D eigenvalue weighted by atomic mass is 9.99. The molecule has 19 heavy (non-hydrogen) atoms. The SMILES string of the molecule is COc1ccc(C(=O)CN2CCCC(C)C2)cc1F. The van der Waals surface area contributed by atoms with Gasteiger partial charge < -0.3 is 4.74 Å². The number of ketones is 1. The van der Waals surface area contributed by atoms with Crippen LogP contribution in [-0.2, 0) is 0 Å². The van der Waals surface area contributed by atoms with Crippen molar-refractivity contribution in [2.24, 2.45) is 5.92 Å². The van der Waals surface area contributed by atoms with Crippen molar-refractivity contribution in [1.82, 2.24) is 4.90 Å². The van der Waals surface area contributed by atoms with Crippen LogP contribution >= 0.6 is 0 Å². The molecule has 3 nitrogen and oxygen atoms in total. The van der Waals surface area contributed by atoms with Crippen molar-refractivity contribution >= 4 is 5.78 Å². The van der Waals surface area contributed by atoms with Crippen LogP contribution in [0.4, 0.5) is 4.39 Å². The molecule has 0 N–H and O–H groups in total. The van der Waals surface area contributed by atoms with Crippen molar-refractivity contribution in [1.29, 1.82) is 0 Å². The normalized spacial score (nSPS) is 20.3. The smallest absolute Gasteiger partial charge is 0.176 e. The van der Waals surface area contributed by atoms with Crippen LogP contribution in [0.5, 0.6) is 5.75 Å². The molecule has 1 atom stereocenters. The minimum Gasteiger partial charge on any atom is -0.494 e. The van der Waals surface area contributed by atoms with Gasteiger partial charge in [-0.25, -0.2) is 4.39 Å². The number of Topliss-reactive ketones (excluding diaryl/α,β-unsaturated/α-hetero) is 1. The molecular formula is C15H20FNO2. The first-order chi connectivity index (χ1) is 9.10. The molecule has 0 bridgehead atoms. The van der Waals surface area contributed by atoms with E-state index in [1.807, 2.05) is 0 Å². The molecule has 2 rings (SSSR count). The summed E-state index contributed by atoms with van der Waals surface area (Å²) < 4.78 is 18.4. The molecule has 1 heterocycles. The van der Waals surface area contributed by atoms with Gasteiger partial charge in [0.2, 0.25) is 0 Å². The number of rotatable bonds is 4. The highest BCUT2D eigenvalue weighted by Gasteiger charge is 2.19. The number of likely N-dealkylation sites (tertiary alicyclic amines) is 1. The topological polar surface area (TPSA) is 29.5 Å². The molecule has 0 amide bonds. The van der Waals surface area contributed by atoms with Gasteiger partial charge in [0.05, 0.1) is 13.7 Å². The zero-order chi connectivity index (χ0) is 13.8. The summed E-state index contributed by atoms with van der Waals surface area (Å²) in [5.41, 5.74) is 0.413. The third kappa shape index (κ3) is 3.53. The zero-order valence-corrected chi connectivity index (χ0v) is 11.5. The average molecular weight is 265 g/mol. The predicted molar refractivity (Wildman–Crippen MR) is 72.1 cm³/mol. The summed E-state index contributed by atoms with van der Waals surface area (Å²) in [6.07, 6.45) is 2.35. The number of methoxy groups -OCH3 is 1. The molecule has 1 fully saturated rings. The predicted octanol–water partition coefficient (Wildman–Crippen LogP) is 2.75. The maximum Gasteiger partial charge on any atom is 0.176 e. The fourth-order valence-electron chi connectivity index (χ4n) is 2.56. The minimum atomic E-state index is -0.486. The molecular weight excluding hydrogens is 245 g/mol. The Bertz CT molecular complexity index is 461. The van der Waals surface area contributed by atoms with E-state index < -0.39 is 5.82 Å². The van der Waals surface area contributed by atoms with Crippen LogP contribution < -0.4 is 4.74 Å². The van der Waals surface area contributed by atoms with Gasteiger partial charge in [0.15, 0.2) is 17.3 Å². The van der Waals surface area contributed by atoms with Crippen molar-refractivity contribution in [2.75, 3.05) is 26.7 Å². The van der Waals surface area contributed by atoms with E-state index in [9.17, 15) is 9.18 Å². The van der Waals surface area contributed by atoms with Crippen LogP contribution in [0.25, 0.3) is 0 Å². The molecule has 1 aromatic carbocycles. The first-order valence-electron chi connectivity index (χ1n) is 6.69. The van der Waals surface area contributed by atoms with Crippen molar-refractivity contribution in [2.45, 2.75) is 19.8 Å². The van der Waals surface area contributed by atoms with Gasteiger partial charge in [-0.1, -0.05) is 6.92 Å². The molecule has 1 aromatic rings. The van der Waals surface area contributed by atoms with Crippen LogP contribution in [0.2, 0.25) is 0 Å². The van der Waals surface area contributed by atoms with Crippen LogP contribution in [0.3, 0.4) is 0 Å². The summed E-state index contributed by atoms with van der Waals surface area (Å²) in [6, 6.07) is 4.38. The van der Waals surface area contributed by atoms with E-state index in [1.165, 1.54) is 25.7 Å². The monoisotopic (exact) mass is 265 g/mol. The Morgan fingerprint density at radius 3 is 2.95 bits per heavy atom. The Morgan fingerprint density at radius 2 is 2.32 bits per heavy atom. The molecule has 1 aliphatic rings. The number of hydrogen-bond donors (Lipinski definition) is 0. The van der Waals surface area contributed by atoms with Gasteiger partial charge in [0, 0.05) is 12.1 Å². The van der Waals surface area contributed by atoms with Gasteiger partial charge in [-0.05, 0) is 43.5 Å². The van der Waals surface area contributed by atoms with E-state index >= 15 is 0 Å². The molecule has 104 valence electrons. The Hall–Kier alpha value is -1.42. The van der Waals surface area contributed by atoms with Gasteiger partial charge in [0.1, 0.15) is 0 Å². The zero-order valence-electron chi connectivity index (χ0n) is 11.5. The molecule has 0 saturated carbocycles. The molecule has 1 aliphatic heterocycles. The van der Waals surface area contributed by atoms with Crippen molar-refractivity contribution in [3.63, 3.8) is 0 Å². The summed E-state index contributed by atoms with van der Waals surface area (Å²) in [7, 11) is 1.41. The number of carbonyl (C=O) groups is 1. The van der Waals surface area contributed by atoms with Crippen molar-refractivity contribution < 1.29 is 13.9 Å². The minimum absolute atomic E-state index is 0.0318. The molecule has 1 unspecified atom stereocenters. The van der Waals surface area contributed by atoms with E-state index in [2.05, 4.69) is 11.8 Å². The van der Waals surface area contributed by atoms with Gasteiger partial charge in [-0.2, -0.15) is 0 Å². The second-order valence-corrected chi connectivity index (χ2v) is 5.26. The van der Waals surface area contributed by atoms with E-state index in [4.69, 9.17) is 4.74 Å². The molecule has 1 saturated heterocycles. The van der Waals surface area contributed by atoms with Gasteiger partial charge in [-0.3, -0.25) is 9.69 Å². The lowest BCUT2D eigenvalue weighted by molar-refractivity contribution is 0.0892. The van der Waals surface area contributed by atoms with Crippen molar-refractivity contribution in [3.05, 3.63) is 29.6 Å². The van der Waals surface area contributed by atoms with E-state index in [0.717, 1.165) is 19.5 Å². The van der Waals surface area contributed by atoms with Gasteiger partial charge >= 0.3 is 0 Å². The van der Waals surface area contributed by atoms with Crippen LogP contribution in [0.1, 0.15) is 30.1 Å². The second kappa shape index (κ2) is 6.15. The second-order valence-electron chi connectivity index (χ2n) is 5.26. The number of benzene rings is 1. The fourth-order valence-corrected chi connectivity index (χ4v) is 2.56. The Balaban J connectivity index is 2.01. The number of piperidine rings is 1. The maximum absolute atomic E-state index is 13.6. The first-order valence-corrected chi connectivity index (χ1v) is 6.69. The van der Waals surface area contributed by atoms with E-state index in [0.29, 0.717) is 18.0 Å². The third-order valence-electron chi connectivity index (χ3n) is 3.58. The summed E-state index contributed by atoms with van der Waals surface area (Å²) in [5, 5.41) is 0. The Labute approximate surface area is 113 Å². The largest absolute Gasteiger partial charge is 0.494 e. The lowest BCUT2D eigenvalue weighted by Crippen LogP contribution is -2.38. The van der Waals surface area contributed by atoms with Gasteiger partial charge in [0.25, 0.3) is 0 Å². The highest BCUT2D eigenvalue weighted by atomic mass is 19.1. The third-order valence-corrected chi connectivity index (χ3v) is 3.58. The summed E-state index contributed by atoms with van der Waals surface area (Å²) in [5.74, 6) is 0.285. The molecule has 0 radical (unpaired) electrons. The molecule has 0 spiro atoms. The molecule has 0 aliphatic carbocycles. The number of ether oxygens (including phenoxy) is 1. The highest BCUT2D eigenvalue weighted by Crippen LogP contribution is 2.19. The first kappa shape index (κ1) is 14.0. The highest BCUT2D eigenvalue weighted by molar-refractivity contribution is 5.97. The van der Waals surface area contributed by atoms with E-state index in [-0.39, 0.29) is 11.5 Å². The lowest BCUT2D eigenvalue weighted by Gasteiger charge is -2.30. The van der Waals surface area contributed by atoms with Crippen molar-refractivity contribution in [3.8, 4) is 5.75 Å². The van der Waals surface area contributed by atoms with Gasteiger partial charge in [-0.15, -0.1) is 0 Å². The molecule has 4 heteroatoms. The summed E-state index contributed by atoms with van der Waals surface area (Å²) in [6.45, 7) is 4.47. The number of nitrogens with zero attached hydrogens (tertiary/aromatic N) is 1. The summed E-state index contributed by atoms with van der Waals surface area (Å²) >= 11 is 0. The number of halogens is 1. The summed E-state index contributed by atoms with van der Waals surface area (Å²) in [4.78, 5) is 14.3. The molecule has 0 aromatic heterocycles. The average Bonchev–Trinajstić information content (AvgIpc) is 2.38. The standard InChI is InChI=1S/C15H20FNO2/c1-11-4-3-7-17(9-11)10-14(18)12-5-6-15(19-2)13(16)8-12/h5-6,8,11H,3-4,7,9-10H2,1-2H3.